The Balaban J connectivity index is 1.69. The molecule has 1 aliphatic rings. The lowest BCUT2D eigenvalue weighted by Gasteiger charge is -2.05. The summed E-state index contributed by atoms with van der Waals surface area (Å²) in [6.45, 7) is 1.48. The number of nitriles is 1. The molecule has 0 saturated carbocycles. The highest BCUT2D eigenvalue weighted by Crippen LogP contribution is 2.20. The van der Waals surface area contributed by atoms with Gasteiger partial charge in [-0.3, -0.25) is 4.99 Å². The summed E-state index contributed by atoms with van der Waals surface area (Å²) < 4.78 is 7.58. The minimum absolute atomic E-state index is 0.207. The molecule has 1 aliphatic heterocycles. The second-order valence-corrected chi connectivity index (χ2v) is 7.37. The van der Waals surface area contributed by atoms with Gasteiger partial charge in [0.1, 0.15) is 0 Å². The summed E-state index contributed by atoms with van der Waals surface area (Å²) in [6.07, 6.45) is 4.18. The summed E-state index contributed by atoms with van der Waals surface area (Å²) in [5.74, 6) is 0. The van der Waals surface area contributed by atoms with Crippen molar-refractivity contribution in [1.82, 2.24) is 4.68 Å². The molecule has 0 amide bonds. The molecule has 0 aliphatic carbocycles. The molecule has 1 saturated heterocycles. The summed E-state index contributed by atoms with van der Waals surface area (Å²) >= 11 is 1.58. The number of ether oxygens (including phenoxy) is 1. The molecule has 0 radical (unpaired) electrons. The molecule has 1 fully saturated rings. The number of benzene rings is 2. The van der Waals surface area contributed by atoms with Crippen LogP contribution in [0.2, 0.25) is 0 Å². The van der Waals surface area contributed by atoms with E-state index in [4.69, 9.17) is 20.1 Å². The zero-order valence-electron chi connectivity index (χ0n) is 15.4. The van der Waals surface area contributed by atoms with Gasteiger partial charge < -0.3 is 4.74 Å². The van der Waals surface area contributed by atoms with Crippen LogP contribution < -0.4 is 4.80 Å². The van der Waals surface area contributed by atoms with Crippen LogP contribution in [0.3, 0.4) is 0 Å². The largest absolute Gasteiger partial charge is 0.376 e. The molecular formula is C22H20N4OS. The Labute approximate surface area is 167 Å². The highest BCUT2D eigenvalue weighted by molar-refractivity contribution is 7.07. The van der Waals surface area contributed by atoms with Gasteiger partial charge >= 0.3 is 0 Å². The predicted molar refractivity (Wildman–Crippen MR) is 111 cm³/mol. The molecule has 3 aromatic rings. The standard InChI is InChI=1S/C22H20N4OS/c23-13-17-8-10-18(11-9-17)14-25-26-21(19-5-2-1-3-6-19)16-28-22(26)24-15-20-7-4-12-27-20/h1-3,5-6,8-11,14,16,20H,4,7,12,15H2/b24-22?,25-14-/t20-/m1/s1. The van der Waals surface area contributed by atoms with Crippen molar-refractivity contribution in [3.05, 3.63) is 75.9 Å². The fraction of sp³-hybridized carbons (Fsp3) is 0.227. The minimum Gasteiger partial charge on any atom is -0.376 e. The van der Waals surface area contributed by atoms with Gasteiger partial charge in [-0.05, 0) is 30.5 Å². The molecule has 2 heterocycles. The first-order valence-electron chi connectivity index (χ1n) is 9.26. The normalized spacial score (nSPS) is 17.2. The van der Waals surface area contributed by atoms with Crippen molar-refractivity contribution >= 4 is 17.6 Å². The van der Waals surface area contributed by atoms with Crippen molar-refractivity contribution in [3.8, 4) is 17.3 Å². The third-order valence-electron chi connectivity index (χ3n) is 4.57. The van der Waals surface area contributed by atoms with Gasteiger partial charge in [0.15, 0.2) is 0 Å². The third-order valence-corrected chi connectivity index (χ3v) is 5.43. The molecule has 1 aromatic heterocycles. The third kappa shape index (κ3) is 4.28. The molecule has 0 bridgehead atoms. The van der Waals surface area contributed by atoms with Crippen molar-refractivity contribution in [2.45, 2.75) is 18.9 Å². The van der Waals surface area contributed by atoms with Crippen molar-refractivity contribution in [2.24, 2.45) is 10.1 Å². The quantitative estimate of drug-likeness (QED) is 0.619. The molecule has 2 aromatic carbocycles. The van der Waals surface area contributed by atoms with Gasteiger partial charge in [0.25, 0.3) is 0 Å². The lowest BCUT2D eigenvalue weighted by Crippen LogP contribution is -2.17. The van der Waals surface area contributed by atoms with E-state index < -0.39 is 0 Å². The minimum atomic E-state index is 0.207. The van der Waals surface area contributed by atoms with Gasteiger partial charge in [-0.1, -0.05) is 42.5 Å². The number of rotatable bonds is 5. The summed E-state index contributed by atoms with van der Waals surface area (Å²) in [5.41, 5.74) is 3.66. The first-order valence-corrected chi connectivity index (χ1v) is 10.1. The van der Waals surface area contributed by atoms with Crippen LogP contribution in [0.1, 0.15) is 24.0 Å². The van der Waals surface area contributed by atoms with Crippen molar-refractivity contribution in [2.75, 3.05) is 13.2 Å². The molecule has 6 heteroatoms. The summed E-state index contributed by atoms with van der Waals surface area (Å²) in [5, 5.41) is 15.7. The molecule has 0 spiro atoms. The Bertz CT molecular complexity index is 1050. The Kier molecular flexibility index (Phi) is 5.76. The zero-order valence-corrected chi connectivity index (χ0v) is 16.2. The van der Waals surface area contributed by atoms with E-state index in [0.29, 0.717) is 12.1 Å². The molecule has 4 rings (SSSR count). The van der Waals surface area contributed by atoms with Crippen LogP contribution in [0.25, 0.3) is 11.3 Å². The zero-order chi connectivity index (χ0) is 19.2. The average Bonchev–Trinajstić information content (AvgIpc) is 3.41. The maximum absolute atomic E-state index is 8.95. The van der Waals surface area contributed by atoms with Crippen molar-refractivity contribution < 1.29 is 4.74 Å². The van der Waals surface area contributed by atoms with Crippen LogP contribution in [-0.2, 0) is 4.74 Å². The molecule has 28 heavy (non-hydrogen) atoms. The molecule has 140 valence electrons. The van der Waals surface area contributed by atoms with E-state index in [9.17, 15) is 0 Å². The van der Waals surface area contributed by atoms with E-state index in [-0.39, 0.29) is 6.10 Å². The van der Waals surface area contributed by atoms with E-state index >= 15 is 0 Å². The van der Waals surface area contributed by atoms with E-state index in [2.05, 4.69) is 23.6 Å². The van der Waals surface area contributed by atoms with Gasteiger partial charge in [-0.25, -0.2) is 4.68 Å². The Morgan fingerprint density at radius 2 is 2.00 bits per heavy atom. The van der Waals surface area contributed by atoms with Crippen LogP contribution >= 0.6 is 11.3 Å². The molecule has 0 N–H and O–H groups in total. The van der Waals surface area contributed by atoms with Crippen LogP contribution in [0.4, 0.5) is 0 Å². The highest BCUT2D eigenvalue weighted by atomic mass is 32.1. The van der Waals surface area contributed by atoms with E-state index in [1.165, 1.54) is 0 Å². The lowest BCUT2D eigenvalue weighted by atomic mass is 10.2. The summed E-state index contributed by atoms with van der Waals surface area (Å²) in [6, 6.07) is 19.7. The first kappa shape index (κ1) is 18.4. The molecule has 1 atom stereocenters. The highest BCUT2D eigenvalue weighted by Gasteiger charge is 2.15. The smallest absolute Gasteiger partial charge is 0.206 e. The second kappa shape index (κ2) is 8.79. The van der Waals surface area contributed by atoms with Crippen molar-refractivity contribution in [3.63, 3.8) is 0 Å². The van der Waals surface area contributed by atoms with E-state index in [1.54, 1.807) is 29.7 Å². The fourth-order valence-corrected chi connectivity index (χ4v) is 3.91. The lowest BCUT2D eigenvalue weighted by molar-refractivity contribution is 0.117. The Morgan fingerprint density at radius 1 is 1.18 bits per heavy atom. The maximum atomic E-state index is 8.95. The van der Waals surface area contributed by atoms with Gasteiger partial charge in [-0.2, -0.15) is 10.4 Å². The topological polar surface area (TPSA) is 62.7 Å². The summed E-state index contributed by atoms with van der Waals surface area (Å²) in [4.78, 5) is 5.62. The Hall–Kier alpha value is -3.01. The van der Waals surface area contributed by atoms with Crippen LogP contribution in [0, 0.1) is 11.3 Å². The SMILES string of the molecule is N#Cc1ccc(/C=N\n2c(-c3ccccc3)csc2=NC[C@H]2CCCO2)cc1. The van der Waals surface area contributed by atoms with Gasteiger partial charge in [0.2, 0.25) is 4.80 Å². The number of nitrogens with zero attached hydrogens (tertiary/aromatic N) is 4. The number of hydrogen-bond acceptors (Lipinski definition) is 5. The molecular weight excluding hydrogens is 368 g/mol. The number of hydrogen-bond donors (Lipinski definition) is 0. The monoisotopic (exact) mass is 388 g/mol. The van der Waals surface area contributed by atoms with Crippen LogP contribution in [-0.4, -0.2) is 30.1 Å². The predicted octanol–water partition coefficient (Wildman–Crippen LogP) is 4.05. The average molecular weight is 388 g/mol. The maximum Gasteiger partial charge on any atom is 0.206 e. The van der Waals surface area contributed by atoms with Gasteiger partial charge in [-0.15, -0.1) is 11.3 Å². The molecule has 5 nitrogen and oxygen atoms in total. The van der Waals surface area contributed by atoms with E-state index in [0.717, 1.165) is 41.1 Å². The van der Waals surface area contributed by atoms with Crippen molar-refractivity contribution in [1.29, 1.82) is 5.26 Å². The van der Waals surface area contributed by atoms with Gasteiger partial charge in [0, 0.05) is 17.6 Å². The van der Waals surface area contributed by atoms with E-state index in [1.807, 2.05) is 35.0 Å². The first-order chi connectivity index (χ1) is 13.8. The Morgan fingerprint density at radius 3 is 2.71 bits per heavy atom. The van der Waals surface area contributed by atoms with Crippen LogP contribution in [0.5, 0.6) is 0 Å². The van der Waals surface area contributed by atoms with Crippen LogP contribution in [0.15, 0.2) is 70.1 Å². The molecule has 0 unspecified atom stereocenters. The fourth-order valence-electron chi connectivity index (χ4n) is 3.06. The summed E-state index contributed by atoms with van der Waals surface area (Å²) in [7, 11) is 0. The number of aromatic nitrogens is 1. The van der Waals surface area contributed by atoms with Gasteiger partial charge in [0.05, 0.1) is 36.2 Å². The second-order valence-electron chi connectivity index (χ2n) is 6.54. The number of thiazole rings is 1.